The smallest absolute Gasteiger partial charge is 0.247 e. The zero-order valence-corrected chi connectivity index (χ0v) is 19.3. The quantitative estimate of drug-likeness (QED) is 0.634. The number of nitrogens with one attached hydrogen (secondary N) is 1. The predicted octanol–water partition coefficient (Wildman–Crippen LogP) is 4.92. The number of benzene rings is 2. The number of rotatable bonds is 7. The number of unbranched alkanes of at least 4 members (excludes halogenated alkanes) is 2. The van der Waals surface area contributed by atoms with Crippen molar-refractivity contribution >= 4 is 11.6 Å². The zero-order chi connectivity index (χ0) is 22.6. The van der Waals surface area contributed by atoms with Crippen LogP contribution in [0.4, 0.5) is 5.69 Å². The molecule has 1 spiro atoms. The second-order valence-corrected chi connectivity index (χ2v) is 9.19. The molecule has 2 aliphatic rings. The van der Waals surface area contributed by atoms with Crippen LogP contribution in [0, 0.1) is 18.3 Å². The number of hydrogen-bond acceptors (Lipinski definition) is 4. The van der Waals surface area contributed by atoms with Crippen molar-refractivity contribution < 1.29 is 4.79 Å². The van der Waals surface area contributed by atoms with E-state index in [1.165, 1.54) is 24.8 Å². The first-order valence-electron chi connectivity index (χ1n) is 11.9. The van der Waals surface area contributed by atoms with E-state index >= 15 is 0 Å². The highest BCUT2D eigenvalue weighted by molar-refractivity contribution is 5.93. The monoisotopic (exact) mass is 430 g/mol. The molecule has 2 aromatic carbocycles. The fourth-order valence-electron chi connectivity index (χ4n) is 5.41. The Labute approximate surface area is 192 Å². The van der Waals surface area contributed by atoms with Crippen LogP contribution in [0.15, 0.2) is 48.5 Å². The zero-order valence-electron chi connectivity index (χ0n) is 19.3. The Bertz CT molecular complexity index is 973. The molecule has 2 heterocycles. The first-order valence-corrected chi connectivity index (χ1v) is 11.9. The molecule has 2 aliphatic heterocycles. The lowest BCUT2D eigenvalue weighted by Gasteiger charge is -2.45. The molecule has 2 aromatic rings. The number of likely N-dealkylation sites (tertiary alicyclic amines) is 1. The van der Waals surface area contributed by atoms with E-state index in [2.05, 4.69) is 52.4 Å². The average molecular weight is 431 g/mol. The third-order valence-electron chi connectivity index (χ3n) is 7.31. The molecule has 1 N–H and O–H groups in total. The summed E-state index contributed by atoms with van der Waals surface area (Å²) in [6.45, 7) is 6.64. The van der Waals surface area contributed by atoms with Gasteiger partial charge in [-0.2, -0.15) is 5.26 Å². The Morgan fingerprint density at radius 1 is 1.12 bits per heavy atom. The molecular weight excluding hydrogens is 396 g/mol. The normalized spacial score (nSPS) is 19.0. The number of nitrogens with zero attached hydrogens (tertiary/aromatic N) is 3. The lowest BCUT2D eigenvalue weighted by molar-refractivity contribution is -0.125. The highest BCUT2D eigenvalue weighted by Gasteiger charge is 2.50. The number of aryl methyl sites for hydroxylation is 1. The molecule has 1 amide bonds. The second-order valence-electron chi connectivity index (χ2n) is 9.19. The van der Waals surface area contributed by atoms with Crippen LogP contribution in [0.1, 0.15) is 68.2 Å². The molecule has 1 atom stereocenters. The van der Waals surface area contributed by atoms with Crippen LogP contribution in [0.3, 0.4) is 0 Å². The molecule has 0 saturated carbocycles. The topological polar surface area (TPSA) is 59.4 Å². The van der Waals surface area contributed by atoms with Crippen molar-refractivity contribution in [2.75, 3.05) is 24.7 Å². The first kappa shape index (κ1) is 22.4. The maximum atomic E-state index is 13.0. The number of amides is 1. The second kappa shape index (κ2) is 9.75. The van der Waals surface area contributed by atoms with Gasteiger partial charge < -0.3 is 10.2 Å². The molecule has 0 radical (unpaired) electrons. The Balaban J connectivity index is 1.54. The van der Waals surface area contributed by atoms with E-state index in [-0.39, 0.29) is 5.91 Å². The minimum Gasteiger partial charge on any atom is -0.339 e. The van der Waals surface area contributed by atoms with Gasteiger partial charge in [0.05, 0.1) is 18.3 Å². The van der Waals surface area contributed by atoms with Gasteiger partial charge in [-0.1, -0.05) is 56.5 Å². The summed E-state index contributed by atoms with van der Waals surface area (Å²) in [5, 5.41) is 12.4. The SMILES string of the molecule is CCCCCC(c1ccc(C#N)c(C)c1)N1CCC2(CC1)C(=O)NCN2c1ccccc1. The minimum absolute atomic E-state index is 0.165. The van der Waals surface area contributed by atoms with E-state index in [0.29, 0.717) is 12.7 Å². The average Bonchev–Trinajstić information content (AvgIpc) is 3.13. The van der Waals surface area contributed by atoms with E-state index in [0.717, 1.165) is 49.2 Å². The molecule has 5 nitrogen and oxygen atoms in total. The summed E-state index contributed by atoms with van der Waals surface area (Å²) in [6.07, 6.45) is 6.39. The molecule has 1 unspecified atom stereocenters. The summed E-state index contributed by atoms with van der Waals surface area (Å²) in [5.41, 5.74) is 3.75. The molecule has 0 aromatic heterocycles. The lowest BCUT2D eigenvalue weighted by atomic mass is 9.84. The lowest BCUT2D eigenvalue weighted by Crippen LogP contribution is -2.56. The Morgan fingerprint density at radius 2 is 1.88 bits per heavy atom. The van der Waals surface area contributed by atoms with Crippen molar-refractivity contribution in [3.05, 3.63) is 65.2 Å². The molecular formula is C27H34N4O. The fraction of sp³-hybridized carbons (Fsp3) is 0.481. The van der Waals surface area contributed by atoms with E-state index < -0.39 is 5.54 Å². The van der Waals surface area contributed by atoms with Crippen molar-refractivity contribution in [2.24, 2.45) is 0 Å². The molecule has 168 valence electrons. The Morgan fingerprint density at radius 3 is 2.53 bits per heavy atom. The van der Waals surface area contributed by atoms with Gasteiger partial charge in [0.1, 0.15) is 5.54 Å². The molecule has 2 fully saturated rings. The third kappa shape index (κ3) is 4.25. The maximum absolute atomic E-state index is 13.0. The van der Waals surface area contributed by atoms with E-state index in [9.17, 15) is 10.1 Å². The van der Waals surface area contributed by atoms with Crippen LogP contribution < -0.4 is 10.2 Å². The van der Waals surface area contributed by atoms with Gasteiger partial charge >= 0.3 is 0 Å². The van der Waals surface area contributed by atoms with Gasteiger partial charge in [0.15, 0.2) is 0 Å². The number of nitriles is 1. The standard InChI is InChI=1S/C27H34N4O/c1-3-4-6-11-25(22-12-13-23(19-28)21(2)18-22)30-16-14-27(15-17-30)26(32)29-20-31(27)24-9-7-5-8-10-24/h5,7-10,12-13,18,25H,3-4,6,11,14-17,20H2,1-2H3,(H,29,32). The van der Waals surface area contributed by atoms with E-state index in [1.807, 2.05) is 31.2 Å². The van der Waals surface area contributed by atoms with Crippen LogP contribution in [0.2, 0.25) is 0 Å². The Kier molecular flexibility index (Phi) is 6.81. The highest BCUT2D eigenvalue weighted by atomic mass is 16.2. The summed E-state index contributed by atoms with van der Waals surface area (Å²) in [6, 6.07) is 19.2. The van der Waals surface area contributed by atoms with Crippen molar-refractivity contribution in [1.82, 2.24) is 10.2 Å². The summed E-state index contributed by atoms with van der Waals surface area (Å²) < 4.78 is 0. The van der Waals surface area contributed by atoms with Crippen LogP contribution in [0.25, 0.3) is 0 Å². The maximum Gasteiger partial charge on any atom is 0.247 e. The van der Waals surface area contributed by atoms with Crippen molar-refractivity contribution in [2.45, 2.75) is 64.0 Å². The summed E-state index contributed by atoms with van der Waals surface area (Å²) in [4.78, 5) is 17.8. The van der Waals surface area contributed by atoms with Crippen LogP contribution in [0.5, 0.6) is 0 Å². The van der Waals surface area contributed by atoms with Gasteiger partial charge in [-0.15, -0.1) is 0 Å². The number of anilines is 1. The van der Waals surface area contributed by atoms with Gasteiger partial charge in [-0.05, 0) is 55.5 Å². The van der Waals surface area contributed by atoms with Gasteiger partial charge in [-0.25, -0.2) is 0 Å². The Hall–Kier alpha value is -2.84. The molecule has 2 saturated heterocycles. The van der Waals surface area contributed by atoms with Crippen molar-refractivity contribution in [3.8, 4) is 6.07 Å². The summed E-state index contributed by atoms with van der Waals surface area (Å²) >= 11 is 0. The summed E-state index contributed by atoms with van der Waals surface area (Å²) in [7, 11) is 0. The first-order chi connectivity index (χ1) is 15.6. The van der Waals surface area contributed by atoms with Gasteiger partial charge in [0, 0.05) is 24.8 Å². The van der Waals surface area contributed by atoms with Gasteiger partial charge in [-0.3, -0.25) is 9.69 Å². The van der Waals surface area contributed by atoms with Crippen molar-refractivity contribution in [3.63, 3.8) is 0 Å². The third-order valence-corrected chi connectivity index (χ3v) is 7.31. The molecule has 0 bridgehead atoms. The number of piperidine rings is 1. The van der Waals surface area contributed by atoms with Gasteiger partial charge in [0.25, 0.3) is 0 Å². The molecule has 4 rings (SSSR count). The minimum atomic E-state index is -0.452. The summed E-state index contributed by atoms with van der Waals surface area (Å²) in [5.74, 6) is 0.165. The van der Waals surface area contributed by atoms with E-state index in [1.54, 1.807) is 0 Å². The van der Waals surface area contributed by atoms with Crippen molar-refractivity contribution in [1.29, 1.82) is 5.26 Å². The number of carbonyl (C=O) groups excluding carboxylic acids is 1. The number of carbonyl (C=O) groups is 1. The fourth-order valence-corrected chi connectivity index (χ4v) is 5.41. The largest absolute Gasteiger partial charge is 0.339 e. The number of para-hydroxylation sites is 1. The predicted molar refractivity (Wildman–Crippen MR) is 128 cm³/mol. The molecule has 5 heteroatoms. The number of hydrogen-bond donors (Lipinski definition) is 1. The van der Waals surface area contributed by atoms with Crippen LogP contribution >= 0.6 is 0 Å². The highest BCUT2D eigenvalue weighted by Crippen LogP contribution is 2.39. The molecule has 32 heavy (non-hydrogen) atoms. The van der Waals surface area contributed by atoms with Crippen LogP contribution in [-0.4, -0.2) is 36.1 Å². The van der Waals surface area contributed by atoms with Crippen LogP contribution in [-0.2, 0) is 4.79 Å². The van der Waals surface area contributed by atoms with Gasteiger partial charge in [0.2, 0.25) is 5.91 Å². The van der Waals surface area contributed by atoms with E-state index in [4.69, 9.17) is 0 Å². The molecule has 0 aliphatic carbocycles.